The van der Waals surface area contributed by atoms with Crippen molar-refractivity contribution in [1.82, 2.24) is 4.57 Å². The number of halogens is 1. The number of hydrogen-bond acceptors (Lipinski definition) is 2. The molecule has 1 rings (SSSR count). The van der Waals surface area contributed by atoms with Crippen LogP contribution in [0.25, 0.3) is 0 Å². The molecule has 72 valence electrons. The molecule has 0 aliphatic heterocycles. The Balaban J connectivity index is 2.84. The first kappa shape index (κ1) is 10.3. The van der Waals surface area contributed by atoms with Crippen molar-refractivity contribution in [3.05, 3.63) is 22.4 Å². The fourth-order valence-corrected chi connectivity index (χ4v) is 1.56. The van der Waals surface area contributed by atoms with E-state index < -0.39 is 5.97 Å². The Kier molecular flexibility index (Phi) is 3.50. The van der Waals surface area contributed by atoms with E-state index >= 15 is 0 Å². The molecule has 1 aromatic heterocycles. The van der Waals surface area contributed by atoms with Crippen LogP contribution in [0.2, 0.25) is 0 Å². The van der Waals surface area contributed by atoms with Crippen molar-refractivity contribution in [1.29, 1.82) is 0 Å². The van der Waals surface area contributed by atoms with Crippen LogP contribution in [0.4, 0.5) is 0 Å². The van der Waals surface area contributed by atoms with Gasteiger partial charge in [-0.1, -0.05) is 0 Å². The number of aromatic carboxylic acids is 1. The van der Waals surface area contributed by atoms with Crippen molar-refractivity contribution >= 4 is 21.9 Å². The fourth-order valence-electron chi connectivity index (χ4n) is 1.10. The van der Waals surface area contributed by atoms with Crippen molar-refractivity contribution in [2.75, 3.05) is 6.54 Å². The van der Waals surface area contributed by atoms with E-state index in [1.54, 1.807) is 16.8 Å². The number of hydrogen-bond donors (Lipinski definition) is 2. The van der Waals surface area contributed by atoms with E-state index in [0.29, 0.717) is 18.8 Å². The van der Waals surface area contributed by atoms with Gasteiger partial charge < -0.3 is 15.4 Å². The molecule has 3 N–H and O–H groups in total. The topological polar surface area (TPSA) is 68.2 Å². The van der Waals surface area contributed by atoms with E-state index in [9.17, 15) is 4.79 Å². The molecule has 5 heteroatoms. The molecule has 0 fully saturated rings. The molecule has 13 heavy (non-hydrogen) atoms. The van der Waals surface area contributed by atoms with Gasteiger partial charge in [-0.25, -0.2) is 4.79 Å². The molecule has 0 atom stereocenters. The van der Waals surface area contributed by atoms with Crippen LogP contribution < -0.4 is 5.73 Å². The smallest absolute Gasteiger partial charge is 0.352 e. The van der Waals surface area contributed by atoms with Crippen LogP contribution >= 0.6 is 15.9 Å². The quantitative estimate of drug-likeness (QED) is 0.842. The minimum Gasteiger partial charge on any atom is -0.477 e. The molecule has 0 amide bonds. The maximum absolute atomic E-state index is 10.7. The van der Waals surface area contributed by atoms with Crippen molar-refractivity contribution in [2.24, 2.45) is 5.73 Å². The number of aromatic nitrogens is 1. The summed E-state index contributed by atoms with van der Waals surface area (Å²) in [5.41, 5.74) is 5.63. The van der Waals surface area contributed by atoms with Crippen LogP contribution in [0.15, 0.2) is 16.7 Å². The first-order valence-corrected chi connectivity index (χ1v) is 4.73. The molecule has 0 saturated heterocycles. The van der Waals surface area contributed by atoms with E-state index in [4.69, 9.17) is 10.8 Å². The van der Waals surface area contributed by atoms with Gasteiger partial charge in [0.05, 0.1) is 0 Å². The van der Waals surface area contributed by atoms with Gasteiger partial charge in [0.2, 0.25) is 0 Å². The summed E-state index contributed by atoms with van der Waals surface area (Å²) in [6.45, 7) is 1.21. The van der Waals surface area contributed by atoms with E-state index in [1.807, 2.05) is 0 Å². The predicted molar refractivity (Wildman–Crippen MR) is 52.8 cm³/mol. The minimum absolute atomic E-state index is 0.292. The summed E-state index contributed by atoms with van der Waals surface area (Å²) in [7, 11) is 0. The van der Waals surface area contributed by atoms with Gasteiger partial charge in [-0.3, -0.25) is 0 Å². The van der Waals surface area contributed by atoms with E-state index in [-0.39, 0.29) is 0 Å². The van der Waals surface area contributed by atoms with Crippen molar-refractivity contribution < 1.29 is 9.90 Å². The van der Waals surface area contributed by atoms with Crippen LogP contribution in [0.3, 0.4) is 0 Å². The van der Waals surface area contributed by atoms with Crippen molar-refractivity contribution in [2.45, 2.75) is 13.0 Å². The Morgan fingerprint density at radius 1 is 1.69 bits per heavy atom. The molecule has 0 aliphatic carbocycles. The van der Waals surface area contributed by atoms with Gasteiger partial charge in [0.1, 0.15) is 5.69 Å². The molecular weight excluding hydrogens is 236 g/mol. The zero-order chi connectivity index (χ0) is 9.84. The average Bonchev–Trinajstić information content (AvgIpc) is 2.43. The van der Waals surface area contributed by atoms with Gasteiger partial charge in [-0.05, 0) is 35.0 Å². The first-order chi connectivity index (χ1) is 6.15. The van der Waals surface area contributed by atoms with Crippen LogP contribution in [0, 0.1) is 0 Å². The third kappa shape index (κ3) is 2.57. The minimum atomic E-state index is -0.914. The van der Waals surface area contributed by atoms with Crippen LogP contribution in [-0.2, 0) is 6.54 Å². The molecule has 4 nitrogen and oxygen atoms in total. The number of rotatable bonds is 4. The molecular formula is C8H11BrN2O2. The molecule has 0 radical (unpaired) electrons. The molecule has 0 bridgehead atoms. The number of nitrogens with two attached hydrogens (primary N) is 1. The summed E-state index contributed by atoms with van der Waals surface area (Å²) in [6, 6.07) is 1.58. The highest BCUT2D eigenvalue weighted by molar-refractivity contribution is 9.10. The molecule has 0 aromatic carbocycles. The molecule has 1 heterocycles. The largest absolute Gasteiger partial charge is 0.477 e. The Hall–Kier alpha value is -0.810. The summed E-state index contributed by atoms with van der Waals surface area (Å²) >= 11 is 3.23. The van der Waals surface area contributed by atoms with Gasteiger partial charge in [0.15, 0.2) is 0 Å². The fraction of sp³-hybridized carbons (Fsp3) is 0.375. The zero-order valence-electron chi connectivity index (χ0n) is 7.03. The van der Waals surface area contributed by atoms with Gasteiger partial charge >= 0.3 is 5.97 Å². The lowest BCUT2D eigenvalue weighted by molar-refractivity contribution is 0.0685. The number of carboxylic acids is 1. The molecule has 0 spiro atoms. The van der Waals surface area contributed by atoms with E-state index in [1.165, 1.54) is 0 Å². The number of carboxylic acid groups (broad SMARTS) is 1. The van der Waals surface area contributed by atoms with Crippen molar-refractivity contribution in [3.63, 3.8) is 0 Å². The lowest BCUT2D eigenvalue weighted by Crippen LogP contribution is -2.10. The number of carbonyl (C=O) groups is 1. The molecule has 0 unspecified atom stereocenters. The average molecular weight is 247 g/mol. The Labute approximate surface area is 84.5 Å². The second-order valence-electron chi connectivity index (χ2n) is 2.68. The predicted octanol–water partition coefficient (Wildman–Crippen LogP) is 1.30. The molecule has 0 saturated carbocycles. The first-order valence-electron chi connectivity index (χ1n) is 3.94. The Morgan fingerprint density at radius 2 is 2.38 bits per heavy atom. The maximum atomic E-state index is 10.7. The normalized spacial score (nSPS) is 10.3. The van der Waals surface area contributed by atoms with Crippen molar-refractivity contribution in [3.8, 4) is 0 Å². The summed E-state index contributed by atoms with van der Waals surface area (Å²) in [5, 5.41) is 8.81. The van der Waals surface area contributed by atoms with Gasteiger partial charge in [-0.2, -0.15) is 0 Å². The highest BCUT2D eigenvalue weighted by atomic mass is 79.9. The monoisotopic (exact) mass is 246 g/mol. The summed E-state index contributed by atoms with van der Waals surface area (Å²) < 4.78 is 2.46. The maximum Gasteiger partial charge on any atom is 0.352 e. The lowest BCUT2D eigenvalue weighted by atomic mass is 10.4. The second-order valence-corrected chi connectivity index (χ2v) is 3.60. The highest BCUT2D eigenvalue weighted by Crippen LogP contribution is 2.15. The SMILES string of the molecule is NCCCn1cc(Br)cc1C(=O)O. The zero-order valence-corrected chi connectivity index (χ0v) is 8.62. The van der Waals surface area contributed by atoms with Gasteiger partial charge in [0.25, 0.3) is 0 Å². The lowest BCUT2D eigenvalue weighted by Gasteiger charge is -2.03. The highest BCUT2D eigenvalue weighted by Gasteiger charge is 2.10. The number of nitrogens with zero attached hydrogens (tertiary/aromatic N) is 1. The Bertz CT molecular complexity index is 309. The standard InChI is InChI=1S/C8H11BrN2O2/c9-6-4-7(8(12)13)11(5-6)3-1-2-10/h4-5H,1-3,10H2,(H,12,13). The Morgan fingerprint density at radius 3 is 2.92 bits per heavy atom. The van der Waals surface area contributed by atoms with Gasteiger partial charge in [0, 0.05) is 17.2 Å². The third-order valence-corrected chi connectivity index (χ3v) is 2.12. The summed E-state index contributed by atoms with van der Waals surface area (Å²) in [5.74, 6) is -0.914. The van der Waals surface area contributed by atoms with Gasteiger partial charge in [-0.15, -0.1) is 0 Å². The second kappa shape index (κ2) is 4.43. The molecule has 0 aliphatic rings. The van der Waals surface area contributed by atoms with E-state index in [0.717, 1.165) is 10.9 Å². The van der Waals surface area contributed by atoms with Crippen LogP contribution in [0.5, 0.6) is 0 Å². The summed E-state index contributed by atoms with van der Waals surface area (Å²) in [4.78, 5) is 10.7. The van der Waals surface area contributed by atoms with Crippen LogP contribution in [-0.4, -0.2) is 22.2 Å². The number of aryl methyl sites for hydroxylation is 1. The van der Waals surface area contributed by atoms with E-state index in [2.05, 4.69) is 15.9 Å². The van der Waals surface area contributed by atoms with Crippen LogP contribution in [0.1, 0.15) is 16.9 Å². The molecule has 1 aromatic rings. The third-order valence-electron chi connectivity index (χ3n) is 1.69. The summed E-state index contributed by atoms with van der Waals surface area (Å²) in [6.07, 6.45) is 2.53.